The summed E-state index contributed by atoms with van der Waals surface area (Å²) in [6.07, 6.45) is 1.59. The van der Waals surface area contributed by atoms with Gasteiger partial charge in [0.15, 0.2) is 0 Å². The largest absolute Gasteiger partial charge is 0.342 e. The van der Waals surface area contributed by atoms with Crippen LogP contribution < -0.4 is 10.9 Å². The van der Waals surface area contributed by atoms with E-state index in [4.69, 9.17) is 0 Å². The van der Waals surface area contributed by atoms with Gasteiger partial charge in [0.2, 0.25) is 0 Å². The SMILES string of the molecule is CC(C)C(NC(=O)c1cn(C)c(=O)c2ccccc12)c1nc2ccccc2[nH]1. The van der Waals surface area contributed by atoms with Gasteiger partial charge in [-0.25, -0.2) is 4.98 Å². The third kappa shape index (κ3) is 3.07. The highest BCUT2D eigenvalue weighted by atomic mass is 16.2. The molecule has 4 aromatic rings. The molecule has 0 aliphatic heterocycles. The van der Waals surface area contributed by atoms with E-state index in [1.54, 1.807) is 31.4 Å². The fourth-order valence-corrected chi connectivity index (χ4v) is 3.49. The number of pyridine rings is 1. The molecule has 1 atom stereocenters. The van der Waals surface area contributed by atoms with Crippen molar-refractivity contribution >= 4 is 27.7 Å². The molecule has 0 bridgehead atoms. The van der Waals surface area contributed by atoms with Gasteiger partial charge in [-0.1, -0.05) is 44.2 Å². The number of nitrogens with one attached hydrogen (secondary N) is 2. The van der Waals surface area contributed by atoms with Crippen LogP contribution in [0.5, 0.6) is 0 Å². The van der Waals surface area contributed by atoms with Gasteiger partial charge in [-0.2, -0.15) is 0 Å². The molecule has 0 saturated carbocycles. The number of imidazole rings is 1. The van der Waals surface area contributed by atoms with Crippen molar-refractivity contribution in [2.75, 3.05) is 0 Å². The van der Waals surface area contributed by atoms with E-state index in [0.29, 0.717) is 16.3 Å². The molecule has 28 heavy (non-hydrogen) atoms. The van der Waals surface area contributed by atoms with Crippen LogP contribution in [-0.2, 0) is 7.05 Å². The van der Waals surface area contributed by atoms with Gasteiger partial charge in [0.1, 0.15) is 5.82 Å². The van der Waals surface area contributed by atoms with Crippen LogP contribution >= 0.6 is 0 Å². The number of fused-ring (bicyclic) bond motifs is 2. The fraction of sp³-hybridized carbons (Fsp3) is 0.227. The third-order valence-corrected chi connectivity index (χ3v) is 4.99. The van der Waals surface area contributed by atoms with Gasteiger partial charge < -0.3 is 14.9 Å². The predicted molar refractivity (Wildman–Crippen MR) is 110 cm³/mol. The van der Waals surface area contributed by atoms with Crippen molar-refractivity contribution < 1.29 is 4.79 Å². The number of para-hydroxylation sites is 2. The molecule has 1 unspecified atom stereocenters. The molecule has 142 valence electrons. The lowest BCUT2D eigenvalue weighted by Gasteiger charge is -2.21. The molecule has 0 saturated heterocycles. The maximum atomic E-state index is 13.2. The molecule has 2 aromatic carbocycles. The van der Waals surface area contributed by atoms with Gasteiger partial charge in [0, 0.05) is 24.0 Å². The van der Waals surface area contributed by atoms with Crippen molar-refractivity contribution in [1.29, 1.82) is 0 Å². The van der Waals surface area contributed by atoms with Crippen LogP contribution in [0.1, 0.15) is 36.1 Å². The van der Waals surface area contributed by atoms with Gasteiger partial charge in [0.05, 0.1) is 22.6 Å². The Bertz CT molecular complexity index is 1200. The molecule has 6 heteroatoms. The number of nitrogens with zero attached hydrogens (tertiary/aromatic N) is 2. The zero-order valence-corrected chi connectivity index (χ0v) is 16.1. The van der Waals surface area contributed by atoms with Crippen molar-refractivity contribution in [1.82, 2.24) is 19.9 Å². The first-order valence-corrected chi connectivity index (χ1v) is 9.29. The van der Waals surface area contributed by atoms with Crippen LogP contribution in [-0.4, -0.2) is 20.4 Å². The normalized spacial score (nSPS) is 12.6. The zero-order valence-electron chi connectivity index (χ0n) is 16.1. The molecule has 0 aliphatic carbocycles. The zero-order chi connectivity index (χ0) is 19.8. The van der Waals surface area contributed by atoms with Crippen LogP contribution in [0.3, 0.4) is 0 Å². The van der Waals surface area contributed by atoms with Gasteiger partial charge in [-0.15, -0.1) is 0 Å². The highest BCUT2D eigenvalue weighted by Gasteiger charge is 2.24. The van der Waals surface area contributed by atoms with E-state index in [1.165, 1.54) is 4.57 Å². The van der Waals surface area contributed by atoms with E-state index in [-0.39, 0.29) is 23.4 Å². The molecule has 0 aliphatic rings. The summed E-state index contributed by atoms with van der Waals surface area (Å²) in [5.74, 6) is 0.618. The Morgan fingerprint density at radius 1 is 1.07 bits per heavy atom. The summed E-state index contributed by atoms with van der Waals surface area (Å²) in [4.78, 5) is 33.5. The van der Waals surface area contributed by atoms with E-state index in [0.717, 1.165) is 16.9 Å². The fourth-order valence-electron chi connectivity index (χ4n) is 3.49. The second-order valence-corrected chi connectivity index (χ2v) is 7.34. The standard InChI is InChI=1S/C22H22N4O2/c1-13(2)19(20-23-17-10-6-7-11-18(17)24-20)25-21(27)16-12-26(3)22(28)15-9-5-4-8-14(15)16/h4-13,19H,1-3H3,(H,23,24)(H,25,27). The van der Waals surface area contributed by atoms with Crippen LogP contribution in [0.2, 0.25) is 0 Å². The Hall–Kier alpha value is -3.41. The topological polar surface area (TPSA) is 79.8 Å². The molecule has 0 fully saturated rings. The molecule has 4 rings (SSSR count). The minimum atomic E-state index is -0.282. The van der Waals surface area contributed by atoms with Crippen LogP contribution in [0, 0.1) is 5.92 Å². The van der Waals surface area contributed by atoms with Crippen molar-refractivity contribution in [2.45, 2.75) is 19.9 Å². The first-order chi connectivity index (χ1) is 13.5. The number of benzene rings is 2. The second-order valence-electron chi connectivity index (χ2n) is 7.34. The number of H-pyrrole nitrogens is 1. The van der Waals surface area contributed by atoms with Gasteiger partial charge in [0.25, 0.3) is 11.5 Å². The number of aromatic nitrogens is 3. The maximum absolute atomic E-state index is 13.2. The first kappa shape index (κ1) is 18.0. The lowest BCUT2D eigenvalue weighted by atomic mass is 10.0. The van der Waals surface area contributed by atoms with Crippen LogP contribution in [0.25, 0.3) is 21.8 Å². The summed E-state index contributed by atoms with van der Waals surface area (Å²) in [5.41, 5.74) is 2.15. The minimum absolute atomic E-state index is 0.121. The number of aryl methyl sites for hydroxylation is 1. The lowest BCUT2D eigenvalue weighted by molar-refractivity contribution is 0.0924. The van der Waals surface area contributed by atoms with Crippen molar-refractivity contribution in [3.8, 4) is 0 Å². The van der Waals surface area contributed by atoms with Crippen molar-refractivity contribution in [3.63, 3.8) is 0 Å². The summed E-state index contributed by atoms with van der Waals surface area (Å²) in [6.45, 7) is 4.08. The minimum Gasteiger partial charge on any atom is -0.342 e. The second kappa shape index (κ2) is 6.96. The van der Waals surface area contributed by atoms with Gasteiger partial charge >= 0.3 is 0 Å². The van der Waals surface area contributed by atoms with Crippen LogP contribution in [0.15, 0.2) is 59.5 Å². The molecule has 2 heterocycles. The molecule has 2 aromatic heterocycles. The average molecular weight is 374 g/mol. The quantitative estimate of drug-likeness (QED) is 0.573. The Balaban J connectivity index is 1.74. The number of amides is 1. The summed E-state index contributed by atoms with van der Waals surface area (Å²) in [7, 11) is 1.66. The van der Waals surface area contributed by atoms with E-state index < -0.39 is 0 Å². The monoisotopic (exact) mass is 374 g/mol. The molecular weight excluding hydrogens is 352 g/mol. The highest BCUT2D eigenvalue weighted by molar-refractivity contribution is 6.06. The number of rotatable bonds is 4. The summed E-state index contributed by atoms with van der Waals surface area (Å²) in [5, 5.41) is 4.28. The Morgan fingerprint density at radius 3 is 2.46 bits per heavy atom. The predicted octanol–water partition coefficient (Wildman–Crippen LogP) is 3.54. The number of carbonyl (C=O) groups excluding carboxylic acids is 1. The Morgan fingerprint density at radius 2 is 1.75 bits per heavy atom. The molecule has 1 amide bonds. The maximum Gasteiger partial charge on any atom is 0.258 e. The summed E-state index contributed by atoms with van der Waals surface area (Å²) < 4.78 is 1.45. The molecule has 2 N–H and O–H groups in total. The molecule has 0 spiro atoms. The van der Waals surface area contributed by atoms with E-state index in [9.17, 15) is 9.59 Å². The van der Waals surface area contributed by atoms with Crippen LogP contribution in [0.4, 0.5) is 0 Å². The highest BCUT2D eigenvalue weighted by Crippen LogP contribution is 2.23. The number of hydrogen-bond donors (Lipinski definition) is 2. The number of carbonyl (C=O) groups is 1. The Labute approximate surface area is 162 Å². The smallest absolute Gasteiger partial charge is 0.258 e. The van der Waals surface area contributed by atoms with E-state index in [1.807, 2.05) is 44.2 Å². The average Bonchev–Trinajstić information content (AvgIpc) is 3.12. The van der Waals surface area contributed by atoms with Crippen molar-refractivity contribution in [3.05, 3.63) is 76.5 Å². The molecular formula is C22H22N4O2. The van der Waals surface area contributed by atoms with E-state index in [2.05, 4.69) is 15.3 Å². The molecule has 6 nitrogen and oxygen atoms in total. The van der Waals surface area contributed by atoms with Gasteiger partial charge in [-0.3, -0.25) is 9.59 Å². The third-order valence-electron chi connectivity index (χ3n) is 4.99. The number of aromatic amines is 1. The lowest BCUT2D eigenvalue weighted by Crippen LogP contribution is -2.33. The molecule has 0 radical (unpaired) electrons. The van der Waals surface area contributed by atoms with Crippen molar-refractivity contribution in [2.24, 2.45) is 13.0 Å². The Kier molecular flexibility index (Phi) is 4.47. The van der Waals surface area contributed by atoms with E-state index >= 15 is 0 Å². The number of hydrogen-bond acceptors (Lipinski definition) is 3. The summed E-state index contributed by atoms with van der Waals surface area (Å²) in [6, 6.07) is 14.7. The summed E-state index contributed by atoms with van der Waals surface area (Å²) >= 11 is 0. The van der Waals surface area contributed by atoms with Gasteiger partial charge in [-0.05, 0) is 24.1 Å². The first-order valence-electron chi connectivity index (χ1n) is 9.29.